The second-order valence-electron chi connectivity index (χ2n) is 5.57. The molecule has 1 N–H and O–H groups in total. The maximum Gasteiger partial charge on any atom is 0.417 e. The number of pyridine rings is 1. The number of hydrogen-bond acceptors (Lipinski definition) is 5. The molecule has 0 aliphatic carbocycles. The number of thioether (sulfide) groups is 1. The number of ketones is 1. The summed E-state index contributed by atoms with van der Waals surface area (Å²) >= 11 is 6.74. The van der Waals surface area contributed by atoms with Crippen molar-refractivity contribution < 1.29 is 27.5 Å². The smallest absolute Gasteiger partial charge is 0.417 e. The monoisotopic (exact) mass is 420 g/mol. The normalized spacial score (nSPS) is 11.5. The van der Waals surface area contributed by atoms with Crippen LogP contribution < -0.4 is 0 Å². The van der Waals surface area contributed by atoms with E-state index < -0.39 is 17.7 Å². The molecule has 2 heterocycles. The van der Waals surface area contributed by atoms with Crippen molar-refractivity contribution in [3.05, 3.63) is 45.4 Å². The van der Waals surface area contributed by atoms with Crippen molar-refractivity contribution in [2.45, 2.75) is 32.0 Å². The number of esters is 1. The highest BCUT2D eigenvalue weighted by Gasteiger charge is 2.32. The van der Waals surface area contributed by atoms with Gasteiger partial charge in [-0.3, -0.25) is 4.79 Å². The molecule has 0 atom stereocenters. The number of halogens is 4. The molecule has 0 saturated carbocycles. The van der Waals surface area contributed by atoms with Crippen molar-refractivity contribution in [1.29, 1.82) is 0 Å². The van der Waals surface area contributed by atoms with Gasteiger partial charge in [-0.1, -0.05) is 23.4 Å². The van der Waals surface area contributed by atoms with Gasteiger partial charge >= 0.3 is 12.1 Å². The van der Waals surface area contributed by atoms with E-state index in [1.54, 1.807) is 20.8 Å². The highest BCUT2D eigenvalue weighted by atomic mass is 35.5. The number of rotatable bonds is 6. The zero-order valence-electron chi connectivity index (χ0n) is 14.7. The Balaban J connectivity index is 2.21. The molecule has 0 radical (unpaired) electrons. The SMILES string of the molecule is CCOC(=O)c1c(C)[nH]c(C)c1C(=O)CSc1ncc(C(F)(F)F)cc1Cl. The van der Waals surface area contributed by atoms with Gasteiger partial charge in [0.15, 0.2) is 5.78 Å². The molecule has 0 fully saturated rings. The van der Waals surface area contributed by atoms with Crippen LogP contribution in [0.4, 0.5) is 13.2 Å². The first-order valence-electron chi connectivity index (χ1n) is 7.81. The van der Waals surface area contributed by atoms with E-state index in [-0.39, 0.29) is 39.3 Å². The lowest BCUT2D eigenvalue weighted by Crippen LogP contribution is -2.13. The fourth-order valence-corrected chi connectivity index (χ4v) is 3.55. The Morgan fingerprint density at radius 3 is 2.44 bits per heavy atom. The maximum atomic E-state index is 12.7. The minimum absolute atomic E-state index is 0.0978. The van der Waals surface area contributed by atoms with Crippen molar-refractivity contribution >= 4 is 35.1 Å². The quantitative estimate of drug-likeness (QED) is 0.411. The molecule has 0 aliphatic heterocycles. The van der Waals surface area contributed by atoms with Crippen LogP contribution in [-0.2, 0) is 10.9 Å². The van der Waals surface area contributed by atoms with Crippen molar-refractivity contribution in [3.8, 4) is 0 Å². The number of nitrogens with zero attached hydrogens (tertiary/aromatic N) is 1. The molecule has 2 rings (SSSR count). The molecule has 0 amide bonds. The Morgan fingerprint density at radius 1 is 1.26 bits per heavy atom. The van der Waals surface area contributed by atoms with E-state index in [1.807, 2.05) is 0 Å². The van der Waals surface area contributed by atoms with Gasteiger partial charge < -0.3 is 9.72 Å². The Hall–Kier alpha value is -2.00. The van der Waals surface area contributed by atoms with Gasteiger partial charge in [-0.15, -0.1) is 0 Å². The van der Waals surface area contributed by atoms with Crippen LogP contribution >= 0.6 is 23.4 Å². The molecule has 0 spiro atoms. The number of aryl methyl sites for hydroxylation is 2. The second kappa shape index (κ2) is 8.35. The summed E-state index contributed by atoms with van der Waals surface area (Å²) in [5.74, 6) is -1.15. The molecule has 5 nitrogen and oxygen atoms in total. The van der Waals surface area contributed by atoms with Crippen molar-refractivity contribution in [2.24, 2.45) is 0 Å². The fourth-order valence-electron chi connectivity index (χ4n) is 2.48. The van der Waals surface area contributed by atoms with Crippen LogP contribution in [0.15, 0.2) is 17.3 Å². The van der Waals surface area contributed by atoms with Crippen molar-refractivity contribution in [2.75, 3.05) is 12.4 Å². The van der Waals surface area contributed by atoms with Gasteiger partial charge in [0.2, 0.25) is 0 Å². The van der Waals surface area contributed by atoms with Crippen LogP contribution in [0.2, 0.25) is 5.02 Å². The topological polar surface area (TPSA) is 72.1 Å². The highest BCUT2D eigenvalue weighted by molar-refractivity contribution is 8.00. The summed E-state index contributed by atoms with van der Waals surface area (Å²) in [5.41, 5.74) is 0.399. The minimum Gasteiger partial charge on any atom is -0.462 e. The van der Waals surface area contributed by atoms with Gasteiger partial charge in [0, 0.05) is 17.6 Å². The van der Waals surface area contributed by atoms with Crippen LogP contribution in [0.3, 0.4) is 0 Å². The van der Waals surface area contributed by atoms with E-state index in [0.717, 1.165) is 17.8 Å². The maximum absolute atomic E-state index is 12.7. The summed E-state index contributed by atoms with van der Waals surface area (Å²) in [6, 6.07) is 0.761. The number of carbonyl (C=O) groups excluding carboxylic acids is 2. The highest BCUT2D eigenvalue weighted by Crippen LogP contribution is 2.34. The Kier molecular flexibility index (Phi) is 6.59. The Labute approximate surface area is 162 Å². The molecule has 10 heteroatoms. The summed E-state index contributed by atoms with van der Waals surface area (Å²) in [6.45, 7) is 5.12. The number of alkyl halides is 3. The number of hydrogen-bond donors (Lipinski definition) is 1. The predicted molar refractivity (Wildman–Crippen MR) is 95.5 cm³/mol. The van der Waals surface area contributed by atoms with E-state index in [2.05, 4.69) is 9.97 Å². The van der Waals surface area contributed by atoms with Crippen molar-refractivity contribution in [3.63, 3.8) is 0 Å². The number of ether oxygens (including phenoxy) is 1. The number of H-pyrrole nitrogens is 1. The molecule has 2 aromatic heterocycles. The van der Waals surface area contributed by atoms with Gasteiger partial charge in [0.05, 0.1) is 34.1 Å². The summed E-state index contributed by atoms with van der Waals surface area (Å²) < 4.78 is 43.0. The number of nitrogens with one attached hydrogen (secondary N) is 1. The molecule has 0 saturated heterocycles. The van der Waals surface area contributed by atoms with Crippen LogP contribution in [0, 0.1) is 13.8 Å². The molecule has 0 aromatic carbocycles. The zero-order valence-corrected chi connectivity index (χ0v) is 16.2. The first kappa shape index (κ1) is 21.3. The summed E-state index contributed by atoms with van der Waals surface area (Å²) in [5, 5.41) is -0.101. The van der Waals surface area contributed by atoms with Gasteiger partial charge in [-0.05, 0) is 26.8 Å². The van der Waals surface area contributed by atoms with Crippen LogP contribution in [0.25, 0.3) is 0 Å². The predicted octanol–water partition coefficient (Wildman–Crippen LogP) is 4.85. The van der Waals surface area contributed by atoms with E-state index in [1.165, 1.54) is 0 Å². The van der Waals surface area contributed by atoms with Crippen LogP contribution in [0.1, 0.15) is 44.6 Å². The summed E-state index contributed by atoms with van der Waals surface area (Å²) in [6.07, 6.45) is -3.89. The van der Waals surface area contributed by atoms with Crippen molar-refractivity contribution in [1.82, 2.24) is 9.97 Å². The lowest BCUT2D eigenvalue weighted by Gasteiger charge is -2.09. The number of carbonyl (C=O) groups is 2. The molecular formula is C17H16ClF3N2O3S. The van der Waals surface area contributed by atoms with Crippen LogP contribution in [0.5, 0.6) is 0 Å². The molecule has 0 aliphatic rings. The lowest BCUT2D eigenvalue weighted by atomic mass is 10.1. The fraction of sp³-hybridized carbons (Fsp3) is 0.353. The average Bonchev–Trinajstić information content (AvgIpc) is 2.87. The van der Waals surface area contributed by atoms with Gasteiger partial charge in [0.1, 0.15) is 5.03 Å². The van der Waals surface area contributed by atoms with E-state index in [9.17, 15) is 22.8 Å². The number of aromatic nitrogens is 2. The summed E-state index contributed by atoms with van der Waals surface area (Å²) in [7, 11) is 0. The Bertz CT molecular complexity index is 881. The minimum atomic E-state index is -4.55. The Morgan fingerprint density at radius 2 is 1.89 bits per heavy atom. The second-order valence-corrected chi connectivity index (χ2v) is 6.94. The zero-order chi connectivity index (χ0) is 20.4. The summed E-state index contributed by atoms with van der Waals surface area (Å²) in [4.78, 5) is 31.4. The molecule has 2 aromatic rings. The molecular weight excluding hydrogens is 405 g/mol. The largest absolute Gasteiger partial charge is 0.462 e. The molecule has 27 heavy (non-hydrogen) atoms. The standard InChI is InChI=1S/C17H16ClF3N2O3S/c1-4-26-16(25)14-9(3)23-8(2)13(14)12(24)7-27-15-11(18)5-10(6-22-15)17(19,20)21/h5-6,23H,4,7H2,1-3H3. The third kappa shape index (κ3) is 4.84. The average molecular weight is 421 g/mol. The first-order chi connectivity index (χ1) is 12.6. The number of aromatic amines is 1. The molecule has 0 bridgehead atoms. The van der Waals surface area contributed by atoms with E-state index >= 15 is 0 Å². The van der Waals surface area contributed by atoms with Crippen LogP contribution in [-0.4, -0.2) is 34.1 Å². The lowest BCUT2D eigenvalue weighted by molar-refractivity contribution is -0.137. The van der Waals surface area contributed by atoms with Gasteiger partial charge in [0.25, 0.3) is 0 Å². The number of Topliss-reactive ketones (excluding diaryl/α,β-unsaturated/α-hetero) is 1. The molecule has 146 valence electrons. The first-order valence-corrected chi connectivity index (χ1v) is 9.17. The van der Waals surface area contributed by atoms with E-state index in [4.69, 9.17) is 16.3 Å². The van der Waals surface area contributed by atoms with E-state index in [0.29, 0.717) is 17.6 Å². The van der Waals surface area contributed by atoms with Gasteiger partial charge in [-0.25, -0.2) is 9.78 Å². The van der Waals surface area contributed by atoms with Gasteiger partial charge in [-0.2, -0.15) is 13.2 Å². The molecule has 0 unspecified atom stereocenters. The third-order valence-corrected chi connectivity index (χ3v) is 5.01. The third-order valence-electron chi connectivity index (χ3n) is 3.61.